The van der Waals surface area contributed by atoms with E-state index >= 15 is 0 Å². The molecule has 14 heavy (non-hydrogen) atoms. The van der Waals surface area contributed by atoms with Gasteiger partial charge in [0.25, 0.3) is 12.0 Å². The number of hydrogen-bond donors (Lipinski definition) is 3. The second-order valence-electron chi connectivity index (χ2n) is 2.40. The van der Waals surface area contributed by atoms with Crippen LogP contribution in [0.5, 0.6) is 5.75 Å². The van der Waals surface area contributed by atoms with Crippen LogP contribution in [0.25, 0.3) is 0 Å². The highest BCUT2D eigenvalue weighted by Gasteiger charge is 2.25. The molecule has 0 bridgehead atoms. The van der Waals surface area contributed by atoms with Crippen molar-refractivity contribution >= 4 is 5.97 Å². The fourth-order valence-corrected chi connectivity index (χ4v) is 0.968. The Labute approximate surface area is 75.6 Å². The summed E-state index contributed by atoms with van der Waals surface area (Å²) in [6.07, 6.45) is -2.60. The second kappa shape index (κ2) is 3.44. The number of halogens is 2. The van der Waals surface area contributed by atoms with Crippen LogP contribution in [0.3, 0.4) is 0 Å². The second-order valence-corrected chi connectivity index (χ2v) is 2.40. The highest BCUT2D eigenvalue weighted by atomic mass is 19.3. The molecule has 7 heteroatoms. The highest BCUT2D eigenvalue weighted by Crippen LogP contribution is 2.24. The van der Waals surface area contributed by atoms with Gasteiger partial charge in [-0.05, 0) is 0 Å². The molecule has 1 aromatic heterocycles. The molecule has 0 atom stereocenters. The monoisotopic (exact) mass is 205 g/mol. The molecular formula is C7H5F2NO4. The van der Waals surface area contributed by atoms with Gasteiger partial charge in [-0.25, -0.2) is 13.6 Å². The average molecular weight is 205 g/mol. The van der Waals surface area contributed by atoms with Gasteiger partial charge in [-0.3, -0.25) is 4.79 Å². The van der Waals surface area contributed by atoms with Gasteiger partial charge in [0.15, 0.2) is 0 Å². The lowest BCUT2D eigenvalue weighted by Crippen LogP contribution is -2.18. The summed E-state index contributed by atoms with van der Waals surface area (Å²) in [5.41, 5.74) is -3.53. The molecule has 0 spiro atoms. The molecule has 3 N–H and O–H groups in total. The van der Waals surface area contributed by atoms with E-state index in [1.165, 1.54) is 0 Å². The van der Waals surface area contributed by atoms with Gasteiger partial charge in [0.05, 0.1) is 0 Å². The van der Waals surface area contributed by atoms with Crippen LogP contribution in [0.2, 0.25) is 0 Å². The lowest BCUT2D eigenvalue weighted by molar-refractivity contribution is 0.0679. The van der Waals surface area contributed by atoms with Crippen LogP contribution in [0.1, 0.15) is 22.3 Å². The molecule has 0 radical (unpaired) electrons. The molecule has 0 aromatic carbocycles. The van der Waals surface area contributed by atoms with Gasteiger partial charge in [0.2, 0.25) is 0 Å². The summed E-state index contributed by atoms with van der Waals surface area (Å²) in [5, 5.41) is 17.4. The molecule has 76 valence electrons. The quantitative estimate of drug-likeness (QED) is 0.663. The van der Waals surface area contributed by atoms with Crippen LogP contribution in [-0.2, 0) is 0 Å². The molecule has 0 aliphatic carbocycles. The van der Waals surface area contributed by atoms with E-state index < -0.39 is 34.8 Å². The summed E-state index contributed by atoms with van der Waals surface area (Å²) in [5.74, 6) is -2.67. The Hall–Kier alpha value is -1.92. The van der Waals surface area contributed by atoms with Gasteiger partial charge in [0, 0.05) is 6.20 Å². The fraction of sp³-hybridized carbons (Fsp3) is 0.143. The standard InChI is InChI=1S/C7H5F2NO4/c8-5(9)4-3(7(13)14)2(11)1-10-6(4)12/h1,5,11H,(H,10,12)(H,13,14). The Morgan fingerprint density at radius 1 is 1.50 bits per heavy atom. The molecule has 0 fully saturated rings. The van der Waals surface area contributed by atoms with Crippen LogP contribution >= 0.6 is 0 Å². The van der Waals surface area contributed by atoms with Crippen molar-refractivity contribution in [2.24, 2.45) is 0 Å². The number of aromatic nitrogens is 1. The van der Waals surface area contributed by atoms with E-state index in [9.17, 15) is 18.4 Å². The van der Waals surface area contributed by atoms with Gasteiger partial charge in [-0.15, -0.1) is 0 Å². The number of hydrogen-bond acceptors (Lipinski definition) is 3. The van der Waals surface area contributed by atoms with Crippen molar-refractivity contribution in [1.82, 2.24) is 4.98 Å². The van der Waals surface area contributed by atoms with Crippen molar-refractivity contribution in [3.8, 4) is 5.75 Å². The van der Waals surface area contributed by atoms with Crippen molar-refractivity contribution in [3.05, 3.63) is 27.7 Å². The van der Waals surface area contributed by atoms with Crippen LogP contribution < -0.4 is 5.56 Å². The van der Waals surface area contributed by atoms with Gasteiger partial charge in [-0.1, -0.05) is 0 Å². The number of H-pyrrole nitrogens is 1. The Balaban J connectivity index is 3.58. The number of aromatic amines is 1. The van der Waals surface area contributed by atoms with Crippen molar-refractivity contribution < 1.29 is 23.8 Å². The third-order valence-corrected chi connectivity index (χ3v) is 1.54. The first-order chi connectivity index (χ1) is 6.45. The molecule has 5 nitrogen and oxygen atoms in total. The first-order valence-corrected chi connectivity index (χ1v) is 3.41. The molecule has 0 amide bonds. The zero-order valence-corrected chi connectivity index (χ0v) is 6.62. The predicted molar refractivity (Wildman–Crippen MR) is 40.6 cm³/mol. The number of carbonyl (C=O) groups is 1. The van der Waals surface area contributed by atoms with Crippen molar-refractivity contribution in [2.45, 2.75) is 6.43 Å². The smallest absolute Gasteiger partial charge is 0.340 e. The van der Waals surface area contributed by atoms with Gasteiger partial charge < -0.3 is 15.2 Å². The van der Waals surface area contributed by atoms with Gasteiger partial charge >= 0.3 is 5.97 Å². The van der Waals surface area contributed by atoms with E-state index in [4.69, 9.17) is 10.2 Å². The minimum Gasteiger partial charge on any atom is -0.505 e. The van der Waals surface area contributed by atoms with Crippen LogP contribution in [0, 0.1) is 0 Å². The van der Waals surface area contributed by atoms with Crippen LogP contribution in [-0.4, -0.2) is 21.2 Å². The third-order valence-electron chi connectivity index (χ3n) is 1.54. The number of carboxylic acid groups (broad SMARTS) is 1. The number of nitrogens with one attached hydrogen (secondary N) is 1. The predicted octanol–water partition coefficient (Wildman–Crippen LogP) is 0.716. The molecular weight excluding hydrogens is 200 g/mol. The van der Waals surface area contributed by atoms with Crippen molar-refractivity contribution in [1.29, 1.82) is 0 Å². The zero-order valence-electron chi connectivity index (χ0n) is 6.62. The summed E-state index contributed by atoms with van der Waals surface area (Å²) >= 11 is 0. The summed E-state index contributed by atoms with van der Waals surface area (Å²) in [6.45, 7) is 0. The van der Waals surface area contributed by atoms with Gasteiger partial charge in [-0.2, -0.15) is 0 Å². The number of rotatable bonds is 2. The Morgan fingerprint density at radius 2 is 2.07 bits per heavy atom. The van der Waals surface area contributed by atoms with E-state index in [1.54, 1.807) is 4.98 Å². The molecule has 0 aliphatic heterocycles. The molecule has 0 aliphatic rings. The van der Waals surface area contributed by atoms with E-state index in [-0.39, 0.29) is 0 Å². The summed E-state index contributed by atoms with van der Waals surface area (Å²) in [4.78, 5) is 23.1. The van der Waals surface area contributed by atoms with Crippen LogP contribution in [0.4, 0.5) is 8.78 Å². The normalized spacial score (nSPS) is 10.5. The summed E-state index contributed by atoms with van der Waals surface area (Å²) < 4.78 is 24.5. The largest absolute Gasteiger partial charge is 0.505 e. The lowest BCUT2D eigenvalue weighted by atomic mass is 10.1. The highest BCUT2D eigenvalue weighted by molar-refractivity contribution is 5.92. The molecule has 0 saturated carbocycles. The molecule has 1 aromatic rings. The molecule has 0 saturated heterocycles. The van der Waals surface area contributed by atoms with E-state index in [2.05, 4.69) is 0 Å². The summed E-state index contributed by atoms with van der Waals surface area (Å²) in [7, 11) is 0. The van der Waals surface area contributed by atoms with Crippen molar-refractivity contribution in [2.75, 3.05) is 0 Å². The average Bonchev–Trinajstić information content (AvgIpc) is 2.07. The van der Waals surface area contributed by atoms with E-state index in [0.717, 1.165) is 0 Å². The first-order valence-electron chi connectivity index (χ1n) is 3.41. The van der Waals surface area contributed by atoms with Crippen LogP contribution in [0.15, 0.2) is 11.0 Å². The zero-order chi connectivity index (χ0) is 10.9. The van der Waals surface area contributed by atoms with Crippen molar-refractivity contribution in [3.63, 3.8) is 0 Å². The maximum Gasteiger partial charge on any atom is 0.340 e. The van der Waals surface area contributed by atoms with Gasteiger partial charge in [0.1, 0.15) is 16.9 Å². The van der Waals surface area contributed by atoms with E-state index in [1.807, 2.05) is 0 Å². The Bertz CT molecular complexity index is 426. The maximum atomic E-state index is 12.2. The number of carboxylic acids is 1. The lowest BCUT2D eigenvalue weighted by Gasteiger charge is -2.04. The maximum absolute atomic E-state index is 12.2. The topological polar surface area (TPSA) is 90.4 Å². The molecule has 1 heterocycles. The number of aromatic hydroxyl groups is 1. The molecule has 1 rings (SSSR count). The molecule has 0 unspecified atom stereocenters. The minimum absolute atomic E-state index is 0.650. The number of pyridine rings is 1. The Morgan fingerprint density at radius 3 is 2.43 bits per heavy atom. The van der Waals surface area contributed by atoms with E-state index in [0.29, 0.717) is 6.20 Å². The number of aromatic carboxylic acids is 1. The summed E-state index contributed by atoms with van der Waals surface area (Å²) in [6, 6.07) is 0. The SMILES string of the molecule is O=C(O)c1c(O)c[nH]c(=O)c1C(F)F. The Kier molecular flexibility index (Phi) is 2.50. The third kappa shape index (κ3) is 1.56. The first kappa shape index (κ1) is 10.2. The fourth-order valence-electron chi connectivity index (χ4n) is 0.968. The number of alkyl halides is 2. The minimum atomic E-state index is -3.25.